The van der Waals surface area contributed by atoms with Crippen molar-refractivity contribution in [3.05, 3.63) is 41.2 Å². The number of rotatable bonds is 2. The molecule has 0 atom stereocenters. The van der Waals surface area contributed by atoms with Crippen LogP contribution in [-0.2, 0) is 0 Å². The van der Waals surface area contributed by atoms with Crippen LogP contribution in [0.5, 0.6) is 0 Å². The van der Waals surface area contributed by atoms with Crippen molar-refractivity contribution in [3.8, 4) is 5.69 Å². The Morgan fingerprint density at radius 3 is 2.75 bits per heavy atom. The van der Waals surface area contributed by atoms with Gasteiger partial charge in [-0.3, -0.25) is 4.79 Å². The maximum atomic E-state index is 11.1. The lowest BCUT2D eigenvalue weighted by atomic mass is 10.1. The van der Waals surface area contributed by atoms with Crippen LogP contribution in [0.4, 0.5) is 5.69 Å². The summed E-state index contributed by atoms with van der Waals surface area (Å²) in [5.41, 5.74) is 12.1. The fourth-order valence-corrected chi connectivity index (χ4v) is 1.48. The van der Waals surface area contributed by atoms with Crippen molar-refractivity contribution in [1.82, 2.24) is 9.78 Å². The van der Waals surface area contributed by atoms with Gasteiger partial charge in [0.25, 0.3) is 5.91 Å². The molecule has 0 radical (unpaired) electrons. The van der Waals surface area contributed by atoms with E-state index < -0.39 is 5.91 Å². The van der Waals surface area contributed by atoms with Gasteiger partial charge in [-0.15, -0.1) is 0 Å². The van der Waals surface area contributed by atoms with Gasteiger partial charge < -0.3 is 11.5 Å². The van der Waals surface area contributed by atoms with Crippen LogP contribution in [0.15, 0.2) is 30.6 Å². The van der Waals surface area contributed by atoms with E-state index in [1.54, 1.807) is 24.4 Å². The van der Waals surface area contributed by atoms with Crippen LogP contribution in [0.2, 0.25) is 5.02 Å². The first-order chi connectivity index (χ1) is 7.58. The molecule has 0 saturated heterocycles. The Morgan fingerprint density at radius 2 is 2.19 bits per heavy atom. The minimum Gasteiger partial charge on any atom is -0.398 e. The summed E-state index contributed by atoms with van der Waals surface area (Å²) in [5, 5.41) is 4.52. The van der Waals surface area contributed by atoms with E-state index in [1.807, 2.05) is 0 Å². The number of anilines is 1. The molecular formula is C10H9ClN4O. The molecule has 16 heavy (non-hydrogen) atoms. The van der Waals surface area contributed by atoms with Crippen molar-refractivity contribution in [2.24, 2.45) is 5.73 Å². The van der Waals surface area contributed by atoms with Crippen LogP contribution in [0.3, 0.4) is 0 Å². The first kappa shape index (κ1) is 10.5. The molecule has 0 fully saturated rings. The molecule has 1 heterocycles. The zero-order chi connectivity index (χ0) is 11.7. The summed E-state index contributed by atoms with van der Waals surface area (Å²) in [6.45, 7) is 0. The van der Waals surface area contributed by atoms with Crippen molar-refractivity contribution >= 4 is 23.2 Å². The normalized spacial score (nSPS) is 10.3. The highest BCUT2D eigenvalue weighted by Crippen LogP contribution is 2.17. The zero-order valence-electron chi connectivity index (χ0n) is 8.22. The fraction of sp³-hybridized carbons (Fsp3) is 0. The van der Waals surface area contributed by atoms with Gasteiger partial charge in [0.1, 0.15) is 0 Å². The van der Waals surface area contributed by atoms with Crippen LogP contribution in [0.1, 0.15) is 10.4 Å². The molecule has 0 bridgehead atoms. The molecule has 2 rings (SSSR count). The molecule has 0 aliphatic rings. The summed E-state index contributed by atoms with van der Waals surface area (Å²) in [7, 11) is 0. The molecule has 5 nitrogen and oxygen atoms in total. The summed E-state index contributed by atoms with van der Waals surface area (Å²) < 4.78 is 1.54. The lowest BCUT2D eigenvalue weighted by Crippen LogP contribution is -2.14. The van der Waals surface area contributed by atoms with Crippen molar-refractivity contribution < 1.29 is 4.79 Å². The molecule has 1 aromatic carbocycles. The Bertz CT molecular complexity index is 550. The van der Waals surface area contributed by atoms with Gasteiger partial charge in [-0.25, -0.2) is 4.68 Å². The van der Waals surface area contributed by atoms with Gasteiger partial charge in [-0.1, -0.05) is 11.6 Å². The standard InChI is InChI=1S/C10H9ClN4O/c11-6-4-14-15(5-6)7-1-2-9(12)8(3-7)10(13)16/h1-5H,12H2,(H2,13,16). The minimum atomic E-state index is -0.572. The number of nitrogens with two attached hydrogens (primary N) is 2. The molecule has 1 amide bonds. The summed E-state index contributed by atoms with van der Waals surface area (Å²) in [5.74, 6) is -0.572. The molecule has 6 heteroatoms. The zero-order valence-corrected chi connectivity index (χ0v) is 8.98. The molecular weight excluding hydrogens is 228 g/mol. The third-order valence-corrected chi connectivity index (χ3v) is 2.31. The molecule has 0 aliphatic carbocycles. The van der Waals surface area contributed by atoms with Crippen LogP contribution in [0.25, 0.3) is 5.69 Å². The average molecular weight is 237 g/mol. The van der Waals surface area contributed by atoms with E-state index in [0.29, 0.717) is 16.4 Å². The summed E-state index contributed by atoms with van der Waals surface area (Å²) in [6, 6.07) is 4.90. The van der Waals surface area contributed by atoms with Crippen molar-refractivity contribution in [2.75, 3.05) is 5.73 Å². The van der Waals surface area contributed by atoms with Gasteiger partial charge in [0, 0.05) is 11.9 Å². The van der Waals surface area contributed by atoms with Gasteiger partial charge in [-0.05, 0) is 18.2 Å². The summed E-state index contributed by atoms with van der Waals surface area (Å²) >= 11 is 5.74. The summed E-state index contributed by atoms with van der Waals surface area (Å²) in [4.78, 5) is 11.1. The second-order valence-electron chi connectivity index (χ2n) is 3.24. The molecule has 4 N–H and O–H groups in total. The number of hydrogen-bond donors (Lipinski definition) is 2. The van der Waals surface area contributed by atoms with E-state index in [4.69, 9.17) is 23.1 Å². The van der Waals surface area contributed by atoms with Crippen LogP contribution in [-0.4, -0.2) is 15.7 Å². The van der Waals surface area contributed by atoms with E-state index in [9.17, 15) is 4.79 Å². The minimum absolute atomic E-state index is 0.268. The molecule has 82 valence electrons. The van der Waals surface area contributed by atoms with Crippen LogP contribution in [0, 0.1) is 0 Å². The molecule has 0 spiro atoms. The number of aromatic nitrogens is 2. The van der Waals surface area contributed by atoms with E-state index in [1.165, 1.54) is 10.9 Å². The smallest absolute Gasteiger partial charge is 0.250 e. The topological polar surface area (TPSA) is 86.9 Å². The molecule has 0 unspecified atom stereocenters. The quantitative estimate of drug-likeness (QED) is 0.769. The molecule has 2 aromatic rings. The Kier molecular flexibility index (Phi) is 2.54. The highest BCUT2D eigenvalue weighted by Gasteiger charge is 2.08. The predicted octanol–water partition coefficient (Wildman–Crippen LogP) is 1.21. The number of halogens is 1. The third kappa shape index (κ3) is 1.85. The highest BCUT2D eigenvalue weighted by molar-refractivity contribution is 6.30. The number of carbonyl (C=O) groups excluding carboxylic acids is 1. The van der Waals surface area contributed by atoms with Crippen molar-refractivity contribution in [1.29, 1.82) is 0 Å². The third-order valence-electron chi connectivity index (χ3n) is 2.12. The SMILES string of the molecule is NC(=O)c1cc(-n2cc(Cl)cn2)ccc1N. The van der Waals surface area contributed by atoms with E-state index in [0.717, 1.165) is 0 Å². The maximum absolute atomic E-state index is 11.1. The number of benzene rings is 1. The number of carbonyl (C=O) groups is 1. The van der Waals surface area contributed by atoms with Crippen LogP contribution >= 0.6 is 11.6 Å². The van der Waals surface area contributed by atoms with E-state index in [-0.39, 0.29) is 5.56 Å². The highest BCUT2D eigenvalue weighted by atomic mass is 35.5. The van der Waals surface area contributed by atoms with E-state index >= 15 is 0 Å². The Labute approximate surface area is 96.6 Å². The molecule has 0 saturated carbocycles. The number of nitrogen functional groups attached to an aromatic ring is 1. The van der Waals surface area contributed by atoms with E-state index in [2.05, 4.69) is 5.10 Å². The second kappa shape index (κ2) is 3.86. The van der Waals surface area contributed by atoms with Crippen molar-refractivity contribution in [3.63, 3.8) is 0 Å². The number of amides is 1. The molecule has 0 aliphatic heterocycles. The van der Waals surface area contributed by atoms with Gasteiger partial charge in [0.2, 0.25) is 0 Å². The van der Waals surface area contributed by atoms with Crippen molar-refractivity contribution in [2.45, 2.75) is 0 Å². The number of hydrogen-bond acceptors (Lipinski definition) is 3. The number of primary amides is 1. The Balaban J connectivity index is 2.51. The maximum Gasteiger partial charge on any atom is 0.250 e. The molecule has 1 aromatic heterocycles. The first-order valence-electron chi connectivity index (χ1n) is 4.48. The lowest BCUT2D eigenvalue weighted by Gasteiger charge is -2.05. The van der Waals surface area contributed by atoms with Gasteiger partial charge in [-0.2, -0.15) is 5.10 Å². The second-order valence-corrected chi connectivity index (χ2v) is 3.68. The van der Waals surface area contributed by atoms with Crippen LogP contribution < -0.4 is 11.5 Å². The Hall–Kier alpha value is -2.01. The average Bonchev–Trinajstić information content (AvgIpc) is 2.65. The monoisotopic (exact) mass is 236 g/mol. The van der Waals surface area contributed by atoms with Gasteiger partial charge in [0.15, 0.2) is 0 Å². The fourth-order valence-electron chi connectivity index (χ4n) is 1.34. The first-order valence-corrected chi connectivity index (χ1v) is 4.85. The summed E-state index contributed by atoms with van der Waals surface area (Å²) in [6.07, 6.45) is 3.12. The Morgan fingerprint density at radius 1 is 1.44 bits per heavy atom. The predicted molar refractivity (Wildman–Crippen MR) is 61.5 cm³/mol. The van der Waals surface area contributed by atoms with Gasteiger partial charge >= 0.3 is 0 Å². The largest absolute Gasteiger partial charge is 0.398 e. The lowest BCUT2D eigenvalue weighted by molar-refractivity contribution is 0.100. The van der Waals surface area contributed by atoms with Gasteiger partial charge in [0.05, 0.1) is 22.5 Å². The number of nitrogens with zero attached hydrogens (tertiary/aromatic N) is 2.